The highest BCUT2D eigenvalue weighted by molar-refractivity contribution is 7.90. The van der Waals surface area contributed by atoms with Crippen LogP contribution in [0.5, 0.6) is 5.75 Å². The molecule has 0 bridgehead atoms. The van der Waals surface area contributed by atoms with Gasteiger partial charge in [0.05, 0.1) is 24.1 Å². The van der Waals surface area contributed by atoms with Gasteiger partial charge in [-0.3, -0.25) is 19.2 Å². The normalized spacial score (nSPS) is 13.5. The molecule has 0 fully saturated rings. The van der Waals surface area contributed by atoms with Gasteiger partial charge in [-0.15, -0.1) is 11.3 Å². The molecule has 2 heterocycles. The van der Waals surface area contributed by atoms with Crippen LogP contribution in [0.25, 0.3) is 0 Å². The summed E-state index contributed by atoms with van der Waals surface area (Å²) in [4.78, 5) is 33.6. The summed E-state index contributed by atoms with van der Waals surface area (Å²) in [6.07, 6.45) is -0.764. The zero-order valence-corrected chi connectivity index (χ0v) is 28.6. The molecule has 1 atom stereocenters. The minimum atomic E-state index is -5.15. The number of nitrogens with one attached hydrogen (secondary N) is 1. The molecule has 11 nitrogen and oxygen atoms in total. The van der Waals surface area contributed by atoms with Gasteiger partial charge in [0, 0.05) is 43.3 Å². The van der Waals surface area contributed by atoms with E-state index in [2.05, 4.69) is 10.1 Å². The number of methoxy groups -OCH3 is 2. The van der Waals surface area contributed by atoms with Crippen LogP contribution in [0.15, 0.2) is 77.4 Å². The minimum Gasteiger partial charge on any atom is -0.496 e. The third-order valence-electron chi connectivity index (χ3n) is 7.55. The van der Waals surface area contributed by atoms with Crippen molar-refractivity contribution >= 4 is 38.3 Å². The average Bonchev–Trinajstić information content (AvgIpc) is 3.75. The van der Waals surface area contributed by atoms with Gasteiger partial charge in [0.1, 0.15) is 11.3 Å². The smallest absolute Gasteiger partial charge is 0.417 e. The molecule has 2 amide bonds. The number of ether oxygens (including phenoxy) is 2. The van der Waals surface area contributed by atoms with Gasteiger partial charge in [0.15, 0.2) is 5.13 Å². The van der Waals surface area contributed by atoms with Crippen molar-refractivity contribution in [3.8, 4) is 5.75 Å². The Bertz CT molecular complexity index is 1830. The highest BCUT2D eigenvalue weighted by Gasteiger charge is 2.51. The largest absolute Gasteiger partial charge is 0.496 e. The maximum atomic E-state index is 14.7. The van der Waals surface area contributed by atoms with Crippen LogP contribution in [0.2, 0.25) is 0 Å². The highest BCUT2D eigenvalue weighted by atomic mass is 32.2. The Morgan fingerprint density at radius 1 is 1.02 bits per heavy atom. The van der Waals surface area contributed by atoms with Gasteiger partial charge in [-0.2, -0.15) is 18.3 Å². The van der Waals surface area contributed by atoms with Crippen molar-refractivity contribution in [2.45, 2.75) is 62.2 Å². The maximum absolute atomic E-state index is 14.7. The van der Waals surface area contributed by atoms with E-state index in [1.165, 1.54) is 43.6 Å². The van der Waals surface area contributed by atoms with Crippen molar-refractivity contribution in [3.05, 3.63) is 89.2 Å². The van der Waals surface area contributed by atoms with E-state index in [1.54, 1.807) is 23.6 Å². The zero-order valence-electron chi connectivity index (χ0n) is 26.9. The summed E-state index contributed by atoms with van der Waals surface area (Å²) >= 11 is 1.01. The highest BCUT2D eigenvalue weighted by Crippen LogP contribution is 2.38. The first-order valence-corrected chi connectivity index (χ1v) is 17.0. The Morgan fingerprint density at radius 2 is 1.75 bits per heavy atom. The van der Waals surface area contributed by atoms with E-state index in [1.807, 2.05) is 25.5 Å². The van der Waals surface area contributed by atoms with E-state index >= 15 is 0 Å². The van der Waals surface area contributed by atoms with Crippen molar-refractivity contribution in [3.63, 3.8) is 0 Å². The second-order valence-corrected chi connectivity index (χ2v) is 14.4. The fraction of sp³-hybridized carbons (Fsp3) is 0.375. The summed E-state index contributed by atoms with van der Waals surface area (Å²) in [5, 5.41) is 5.81. The molecule has 0 spiro atoms. The number of hydrogen-bond acceptors (Lipinski definition) is 9. The monoisotopic (exact) mass is 707 g/mol. The van der Waals surface area contributed by atoms with Gasteiger partial charge in [-0.1, -0.05) is 39.0 Å². The third-order valence-corrected chi connectivity index (χ3v) is 9.70. The topological polar surface area (TPSA) is 133 Å². The van der Waals surface area contributed by atoms with Crippen molar-refractivity contribution in [2.75, 3.05) is 25.7 Å². The first-order valence-electron chi connectivity index (χ1n) is 14.7. The molecule has 16 heteroatoms. The molecule has 48 heavy (non-hydrogen) atoms. The molecule has 0 aliphatic heterocycles. The predicted molar refractivity (Wildman–Crippen MR) is 173 cm³/mol. The van der Waals surface area contributed by atoms with Gasteiger partial charge in [-0.25, -0.2) is 18.1 Å². The van der Waals surface area contributed by atoms with Gasteiger partial charge in [0.2, 0.25) is 0 Å². The van der Waals surface area contributed by atoms with E-state index in [0.717, 1.165) is 40.0 Å². The van der Waals surface area contributed by atoms with Crippen LogP contribution in [0.1, 0.15) is 55.1 Å². The van der Waals surface area contributed by atoms with E-state index in [0.29, 0.717) is 11.8 Å². The predicted octanol–water partition coefficient (Wildman–Crippen LogP) is 5.68. The maximum Gasteiger partial charge on any atom is 0.417 e. The standard InChI is InChI=1S/C32H36F3N5O6S2/c1-30(2,3)23-13-12-22(20-25(23)46-5)27(41)40(29-36-16-19-47-29)31(14-8-18-45-4,21-39-17-9-15-37-39)28(42)38-48(43,44)26-11-7-6-10-24(26)32(33,34)35/h6-7,9-13,15-17,19-20H,8,14,18,21H2,1-5H3,(H,38,42). The number of carbonyl (C=O) groups excluding carboxylic acids is 2. The molecule has 0 aliphatic carbocycles. The number of alkyl halides is 3. The summed E-state index contributed by atoms with van der Waals surface area (Å²) in [6, 6.07) is 9.90. The van der Waals surface area contributed by atoms with Crippen LogP contribution >= 0.6 is 11.3 Å². The number of rotatable bonds is 13. The second kappa shape index (κ2) is 14.5. The number of sulfonamides is 1. The Morgan fingerprint density at radius 3 is 2.33 bits per heavy atom. The molecule has 0 radical (unpaired) electrons. The van der Waals surface area contributed by atoms with Crippen LogP contribution in [-0.4, -0.2) is 61.4 Å². The summed E-state index contributed by atoms with van der Waals surface area (Å²) in [6.45, 7) is 5.63. The van der Waals surface area contributed by atoms with E-state index in [-0.39, 0.29) is 35.6 Å². The fourth-order valence-corrected chi connectivity index (χ4v) is 7.29. The first-order chi connectivity index (χ1) is 22.5. The lowest BCUT2D eigenvalue weighted by molar-refractivity contribution is -0.140. The second-order valence-electron chi connectivity index (χ2n) is 11.9. The molecule has 2 aromatic carbocycles. The first kappa shape index (κ1) is 36.6. The molecule has 258 valence electrons. The molecular formula is C32H36F3N5O6S2. The van der Waals surface area contributed by atoms with E-state index < -0.39 is 50.6 Å². The Kier molecular flexibility index (Phi) is 11.0. The number of hydrogen-bond donors (Lipinski definition) is 1. The Balaban J connectivity index is 1.95. The summed E-state index contributed by atoms with van der Waals surface area (Å²) in [7, 11) is -2.26. The van der Waals surface area contributed by atoms with Crippen LogP contribution in [0.3, 0.4) is 0 Å². The number of halogens is 3. The van der Waals surface area contributed by atoms with Crippen molar-refractivity contribution in [1.29, 1.82) is 0 Å². The fourth-order valence-electron chi connectivity index (χ4n) is 5.29. The minimum absolute atomic E-state index is 0.0340. The lowest BCUT2D eigenvalue weighted by Gasteiger charge is -2.41. The molecule has 4 aromatic rings. The molecule has 0 saturated heterocycles. The summed E-state index contributed by atoms with van der Waals surface area (Å²) in [5.41, 5.74) is -3.04. The van der Waals surface area contributed by atoms with Crippen LogP contribution in [-0.2, 0) is 37.7 Å². The van der Waals surface area contributed by atoms with Crippen molar-refractivity contribution < 1.29 is 40.7 Å². The van der Waals surface area contributed by atoms with Crippen LogP contribution < -0.4 is 14.4 Å². The molecular weight excluding hydrogens is 672 g/mol. The quantitative estimate of drug-likeness (QED) is 0.176. The van der Waals surface area contributed by atoms with Crippen LogP contribution in [0, 0.1) is 0 Å². The average molecular weight is 708 g/mol. The van der Waals surface area contributed by atoms with E-state index in [4.69, 9.17) is 9.47 Å². The number of carbonyl (C=O) groups is 2. The molecule has 2 aromatic heterocycles. The number of aromatic nitrogens is 3. The molecule has 1 unspecified atom stereocenters. The van der Waals surface area contributed by atoms with Gasteiger partial charge in [0.25, 0.3) is 21.8 Å². The number of anilines is 1. The Hall–Kier alpha value is -4.28. The number of benzene rings is 2. The SMILES string of the molecule is COCCCC(Cn1cccn1)(C(=O)NS(=O)(=O)c1ccccc1C(F)(F)F)N(C(=O)c1ccc(C(C)(C)C)c(OC)c1)c1nccs1. The number of amides is 2. The number of thiazole rings is 1. The molecule has 1 N–H and O–H groups in total. The van der Waals surface area contributed by atoms with Crippen molar-refractivity contribution in [1.82, 2.24) is 19.5 Å². The Labute approximate surface area is 280 Å². The lowest BCUT2D eigenvalue weighted by atomic mass is 9.85. The molecule has 0 aliphatic rings. The summed E-state index contributed by atoms with van der Waals surface area (Å²) in [5.74, 6) is -1.61. The molecule has 0 saturated carbocycles. The summed E-state index contributed by atoms with van der Waals surface area (Å²) < 4.78 is 83.1. The lowest BCUT2D eigenvalue weighted by Crippen LogP contribution is -2.64. The van der Waals surface area contributed by atoms with E-state index in [9.17, 15) is 31.2 Å². The van der Waals surface area contributed by atoms with Gasteiger partial charge in [-0.05, 0) is 54.2 Å². The van der Waals surface area contributed by atoms with Crippen molar-refractivity contribution in [2.24, 2.45) is 0 Å². The number of nitrogens with zero attached hydrogens (tertiary/aromatic N) is 4. The van der Waals surface area contributed by atoms with Crippen LogP contribution in [0.4, 0.5) is 18.3 Å². The van der Waals surface area contributed by atoms with Gasteiger partial charge < -0.3 is 9.47 Å². The zero-order chi connectivity index (χ0) is 35.3. The third kappa shape index (κ3) is 7.88. The molecule has 4 rings (SSSR count). The van der Waals surface area contributed by atoms with Gasteiger partial charge >= 0.3 is 6.18 Å².